The number of oxazole rings is 1. The summed E-state index contributed by atoms with van der Waals surface area (Å²) in [5.74, 6) is 1.52. The van der Waals surface area contributed by atoms with E-state index in [1.165, 1.54) is 0 Å². The van der Waals surface area contributed by atoms with Crippen LogP contribution in [0.5, 0.6) is 11.5 Å². The van der Waals surface area contributed by atoms with Gasteiger partial charge in [0.1, 0.15) is 12.0 Å². The number of hydrogen-bond donors (Lipinski definition) is 1. The number of carbonyl (C=O) groups excluding carboxylic acids is 1. The number of amides is 1. The van der Waals surface area contributed by atoms with Crippen LogP contribution < -0.4 is 14.8 Å². The monoisotopic (exact) mass is 384 g/mol. The van der Waals surface area contributed by atoms with Gasteiger partial charge in [-0.3, -0.25) is 4.79 Å². The molecule has 0 atom stereocenters. The van der Waals surface area contributed by atoms with Gasteiger partial charge in [0.15, 0.2) is 11.5 Å². The Balaban J connectivity index is 1.30. The van der Waals surface area contributed by atoms with Gasteiger partial charge in [-0.1, -0.05) is 30.3 Å². The Labute approximate surface area is 166 Å². The van der Waals surface area contributed by atoms with Crippen LogP contribution in [0.15, 0.2) is 83.5 Å². The fraction of sp³-hybridized carbons (Fsp3) is 0.0435. The van der Waals surface area contributed by atoms with Crippen LogP contribution in [-0.2, 0) is 0 Å². The first-order valence-corrected chi connectivity index (χ1v) is 9.09. The van der Waals surface area contributed by atoms with Crippen LogP contribution in [0.2, 0.25) is 0 Å². The number of rotatable bonds is 4. The van der Waals surface area contributed by atoms with Crippen LogP contribution >= 0.6 is 0 Å². The number of fused-ring (bicyclic) bond motifs is 1. The molecule has 0 fully saturated rings. The molecule has 0 aliphatic carbocycles. The zero-order valence-corrected chi connectivity index (χ0v) is 15.3. The molecule has 1 aromatic heterocycles. The second kappa shape index (κ2) is 7.16. The molecule has 3 aromatic carbocycles. The molecule has 1 N–H and O–H groups in total. The molecule has 29 heavy (non-hydrogen) atoms. The van der Waals surface area contributed by atoms with Crippen LogP contribution in [0, 0.1) is 0 Å². The van der Waals surface area contributed by atoms with Crippen molar-refractivity contribution in [2.45, 2.75) is 0 Å². The third-order valence-electron chi connectivity index (χ3n) is 4.60. The summed E-state index contributed by atoms with van der Waals surface area (Å²) >= 11 is 0. The minimum atomic E-state index is -0.224. The van der Waals surface area contributed by atoms with E-state index >= 15 is 0 Å². The molecule has 1 amide bonds. The van der Waals surface area contributed by atoms with Crippen molar-refractivity contribution < 1.29 is 18.7 Å². The zero-order valence-electron chi connectivity index (χ0n) is 15.3. The van der Waals surface area contributed by atoms with Crippen LogP contribution in [-0.4, -0.2) is 17.7 Å². The van der Waals surface area contributed by atoms with Crippen molar-refractivity contribution >= 4 is 11.6 Å². The molecule has 1 aliphatic heterocycles. The lowest BCUT2D eigenvalue weighted by atomic mass is 10.1. The van der Waals surface area contributed by atoms with Crippen LogP contribution in [0.25, 0.3) is 22.7 Å². The van der Waals surface area contributed by atoms with E-state index in [1.54, 1.807) is 24.5 Å². The summed E-state index contributed by atoms with van der Waals surface area (Å²) in [7, 11) is 0. The molecule has 5 rings (SSSR count). The van der Waals surface area contributed by atoms with E-state index in [0.29, 0.717) is 28.6 Å². The average Bonchev–Trinajstić information content (AvgIpc) is 3.44. The van der Waals surface area contributed by atoms with E-state index in [4.69, 9.17) is 13.9 Å². The van der Waals surface area contributed by atoms with Gasteiger partial charge in [-0.2, -0.15) is 0 Å². The first-order chi connectivity index (χ1) is 14.3. The van der Waals surface area contributed by atoms with Crippen molar-refractivity contribution in [3.8, 4) is 34.2 Å². The number of ether oxygens (including phenoxy) is 2. The lowest BCUT2D eigenvalue weighted by Crippen LogP contribution is -2.11. The van der Waals surface area contributed by atoms with Gasteiger partial charge in [0.2, 0.25) is 12.7 Å². The lowest BCUT2D eigenvalue weighted by molar-refractivity contribution is 0.102. The molecule has 0 saturated heterocycles. The van der Waals surface area contributed by atoms with E-state index in [0.717, 1.165) is 16.8 Å². The van der Waals surface area contributed by atoms with Gasteiger partial charge in [0.25, 0.3) is 5.91 Å². The van der Waals surface area contributed by atoms with Gasteiger partial charge < -0.3 is 19.2 Å². The van der Waals surface area contributed by atoms with Crippen molar-refractivity contribution in [2.24, 2.45) is 0 Å². The van der Waals surface area contributed by atoms with Gasteiger partial charge >= 0.3 is 0 Å². The van der Waals surface area contributed by atoms with E-state index in [-0.39, 0.29) is 12.7 Å². The number of nitrogens with zero attached hydrogens (tertiary/aromatic N) is 1. The first-order valence-electron chi connectivity index (χ1n) is 9.09. The third-order valence-corrected chi connectivity index (χ3v) is 4.60. The molecule has 142 valence electrons. The predicted molar refractivity (Wildman–Crippen MR) is 108 cm³/mol. The highest BCUT2D eigenvalue weighted by Crippen LogP contribution is 2.32. The van der Waals surface area contributed by atoms with Gasteiger partial charge in [-0.15, -0.1) is 0 Å². The SMILES string of the molecule is O=C(Nc1ccc(-c2nc(-c3ccccc3)co2)cc1)c1ccc2c(c1)OCO2. The Morgan fingerprint density at radius 2 is 1.66 bits per heavy atom. The molecular weight excluding hydrogens is 368 g/mol. The molecule has 0 radical (unpaired) electrons. The van der Waals surface area contributed by atoms with Crippen LogP contribution in [0.4, 0.5) is 5.69 Å². The Morgan fingerprint density at radius 1 is 0.862 bits per heavy atom. The average molecular weight is 384 g/mol. The van der Waals surface area contributed by atoms with Crippen LogP contribution in [0.3, 0.4) is 0 Å². The summed E-state index contributed by atoms with van der Waals surface area (Å²) in [6.07, 6.45) is 1.64. The number of carbonyl (C=O) groups is 1. The predicted octanol–water partition coefficient (Wildman–Crippen LogP) is 4.99. The summed E-state index contributed by atoms with van der Waals surface area (Å²) in [5, 5.41) is 2.87. The van der Waals surface area contributed by atoms with E-state index < -0.39 is 0 Å². The molecular formula is C23H16N2O4. The molecule has 1 aliphatic rings. The van der Waals surface area contributed by atoms with Crippen molar-refractivity contribution in [1.82, 2.24) is 4.98 Å². The Hall–Kier alpha value is -4.06. The minimum absolute atomic E-state index is 0.175. The summed E-state index contributed by atoms with van der Waals surface area (Å²) in [4.78, 5) is 17.0. The van der Waals surface area contributed by atoms with E-state index in [2.05, 4.69) is 10.3 Å². The summed E-state index contributed by atoms with van der Waals surface area (Å²) in [6, 6.07) is 22.3. The van der Waals surface area contributed by atoms with Gasteiger partial charge in [-0.25, -0.2) is 4.98 Å². The number of anilines is 1. The molecule has 4 aromatic rings. The zero-order chi connectivity index (χ0) is 19.6. The van der Waals surface area contributed by atoms with E-state index in [1.807, 2.05) is 54.6 Å². The Kier molecular flexibility index (Phi) is 4.22. The topological polar surface area (TPSA) is 73.6 Å². The number of hydrogen-bond acceptors (Lipinski definition) is 5. The van der Waals surface area contributed by atoms with Crippen LogP contribution in [0.1, 0.15) is 10.4 Å². The summed E-state index contributed by atoms with van der Waals surface area (Å²) < 4.78 is 16.2. The summed E-state index contributed by atoms with van der Waals surface area (Å²) in [6.45, 7) is 0.175. The molecule has 0 bridgehead atoms. The smallest absolute Gasteiger partial charge is 0.255 e. The molecule has 6 heteroatoms. The standard InChI is InChI=1S/C23H16N2O4/c26-22(17-8-11-20-21(12-17)29-14-28-20)24-18-9-6-16(7-10-18)23-25-19(13-27-23)15-4-2-1-3-5-15/h1-13H,14H2,(H,24,26). The maximum Gasteiger partial charge on any atom is 0.255 e. The molecule has 0 unspecified atom stereocenters. The minimum Gasteiger partial charge on any atom is -0.454 e. The van der Waals surface area contributed by atoms with E-state index in [9.17, 15) is 4.79 Å². The maximum atomic E-state index is 12.5. The van der Waals surface area contributed by atoms with Crippen molar-refractivity contribution in [3.05, 3.63) is 84.6 Å². The second-order valence-corrected chi connectivity index (χ2v) is 6.50. The third kappa shape index (κ3) is 3.43. The van der Waals surface area contributed by atoms with Crippen molar-refractivity contribution in [1.29, 1.82) is 0 Å². The highest BCUT2D eigenvalue weighted by molar-refractivity contribution is 6.04. The maximum absolute atomic E-state index is 12.5. The highest BCUT2D eigenvalue weighted by atomic mass is 16.7. The second-order valence-electron chi connectivity index (χ2n) is 6.50. The molecule has 6 nitrogen and oxygen atoms in total. The fourth-order valence-electron chi connectivity index (χ4n) is 3.09. The van der Waals surface area contributed by atoms with Crippen molar-refractivity contribution in [2.75, 3.05) is 12.1 Å². The largest absolute Gasteiger partial charge is 0.454 e. The fourth-order valence-corrected chi connectivity index (χ4v) is 3.09. The molecule has 0 saturated carbocycles. The number of nitrogens with one attached hydrogen (secondary N) is 1. The first kappa shape index (κ1) is 17.1. The lowest BCUT2D eigenvalue weighted by Gasteiger charge is -2.06. The normalized spacial score (nSPS) is 12.0. The molecule has 2 heterocycles. The number of aromatic nitrogens is 1. The summed E-state index contributed by atoms with van der Waals surface area (Å²) in [5.41, 5.74) is 3.77. The van der Waals surface area contributed by atoms with Gasteiger partial charge in [0.05, 0.1) is 0 Å². The number of benzene rings is 3. The van der Waals surface area contributed by atoms with Crippen molar-refractivity contribution in [3.63, 3.8) is 0 Å². The Bertz CT molecular complexity index is 1170. The Morgan fingerprint density at radius 3 is 2.48 bits per heavy atom. The highest BCUT2D eigenvalue weighted by Gasteiger charge is 2.16. The molecule has 0 spiro atoms. The van der Waals surface area contributed by atoms with Gasteiger partial charge in [-0.05, 0) is 42.5 Å². The van der Waals surface area contributed by atoms with Gasteiger partial charge in [0, 0.05) is 22.4 Å². The quantitative estimate of drug-likeness (QED) is 0.537.